The molecule has 5 nitrogen and oxygen atoms in total. The zero-order valence-electron chi connectivity index (χ0n) is 36.9. The molecule has 0 spiro atoms. The molecule has 0 aliphatic carbocycles. The second-order valence-electron chi connectivity index (χ2n) is 15.8. The molecule has 0 radical (unpaired) electrons. The largest absolute Gasteiger partial charge is 0.462 e. The molecule has 1 atom stereocenters. The third-order valence-corrected chi connectivity index (χ3v) is 10.3. The lowest BCUT2D eigenvalue weighted by molar-refractivity contribution is -0.161. The summed E-state index contributed by atoms with van der Waals surface area (Å²) >= 11 is 0. The first kappa shape index (κ1) is 53.6. The average molecular weight is 783 g/mol. The van der Waals surface area contributed by atoms with Crippen molar-refractivity contribution in [2.45, 2.75) is 238 Å². The molecule has 1 N–H and O–H groups in total. The van der Waals surface area contributed by atoms with Crippen molar-refractivity contribution in [3.8, 4) is 0 Å². The fourth-order valence-corrected chi connectivity index (χ4v) is 6.70. The molecule has 0 aliphatic rings. The van der Waals surface area contributed by atoms with Crippen LogP contribution in [0.4, 0.5) is 0 Å². The average Bonchev–Trinajstić information content (AvgIpc) is 3.20. The number of aliphatic hydroxyl groups is 1. The number of esters is 2. The first-order valence-electron chi connectivity index (χ1n) is 23.8. The van der Waals surface area contributed by atoms with Gasteiger partial charge >= 0.3 is 11.9 Å². The van der Waals surface area contributed by atoms with Gasteiger partial charge in [-0.15, -0.1) is 0 Å². The molecule has 0 aromatic rings. The second kappa shape index (κ2) is 47.0. The van der Waals surface area contributed by atoms with Gasteiger partial charge in [0.15, 0.2) is 6.10 Å². The third kappa shape index (κ3) is 44.3. The van der Waals surface area contributed by atoms with Gasteiger partial charge in [0.1, 0.15) is 6.61 Å². The van der Waals surface area contributed by atoms with Gasteiger partial charge in [-0.2, -0.15) is 0 Å². The first-order valence-corrected chi connectivity index (χ1v) is 23.8. The standard InChI is InChI=1S/C51H90O5/c1-3-5-7-9-11-13-15-16-17-18-19-20-21-22-23-24-25-26-27-28-29-30-31-32-33-34-36-38-40-42-44-46-51(54)56-49(47-52)48-55-50(53)45-43-41-39-37-35-14-12-10-8-6-4-2/h5,7,10-13,16-17,19-20,49,52H,3-4,6,8-9,14-15,18,21-48H2,1-2H3/b7-5-,12-10-,13-11-,17-16-,20-19-. The number of ether oxygens (including phenoxy) is 2. The molecule has 0 aromatic heterocycles. The van der Waals surface area contributed by atoms with E-state index in [2.05, 4.69) is 74.6 Å². The van der Waals surface area contributed by atoms with E-state index >= 15 is 0 Å². The summed E-state index contributed by atoms with van der Waals surface area (Å²) in [5, 5.41) is 9.58. The Labute approximate surface area is 347 Å². The first-order chi connectivity index (χ1) is 27.6. The summed E-state index contributed by atoms with van der Waals surface area (Å²) in [7, 11) is 0. The van der Waals surface area contributed by atoms with Crippen molar-refractivity contribution >= 4 is 11.9 Å². The second-order valence-corrected chi connectivity index (χ2v) is 15.8. The van der Waals surface area contributed by atoms with E-state index in [0.717, 1.165) is 70.6 Å². The van der Waals surface area contributed by atoms with E-state index in [0.29, 0.717) is 12.8 Å². The monoisotopic (exact) mass is 783 g/mol. The Balaban J connectivity index is 3.44. The van der Waals surface area contributed by atoms with Crippen molar-refractivity contribution in [1.29, 1.82) is 0 Å². The fourth-order valence-electron chi connectivity index (χ4n) is 6.70. The number of hydrogen-bond donors (Lipinski definition) is 1. The summed E-state index contributed by atoms with van der Waals surface area (Å²) in [5.74, 6) is -0.598. The lowest BCUT2D eigenvalue weighted by atomic mass is 10.0. The Morgan fingerprint density at radius 3 is 1.18 bits per heavy atom. The number of unbranched alkanes of at least 4 members (excludes halogenated alkanes) is 25. The van der Waals surface area contributed by atoms with Crippen LogP contribution in [0.3, 0.4) is 0 Å². The summed E-state index contributed by atoms with van der Waals surface area (Å²) in [6.07, 6.45) is 61.8. The number of carbonyl (C=O) groups is 2. The van der Waals surface area contributed by atoms with E-state index in [1.807, 2.05) is 0 Å². The molecule has 324 valence electrons. The third-order valence-electron chi connectivity index (χ3n) is 10.3. The van der Waals surface area contributed by atoms with Gasteiger partial charge in [0, 0.05) is 12.8 Å². The topological polar surface area (TPSA) is 72.8 Å². The zero-order valence-corrected chi connectivity index (χ0v) is 36.9. The van der Waals surface area contributed by atoms with Gasteiger partial charge in [0.25, 0.3) is 0 Å². The molecule has 0 saturated carbocycles. The number of rotatable bonds is 43. The number of carbonyl (C=O) groups excluding carboxylic acids is 2. The highest BCUT2D eigenvalue weighted by Gasteiger charge is 2.16. The van der Waals surface area contributed by atoms with Gasteiger partial charge < -0.3 is 14.6 Å². The van der Waals surface area contributed by atoms with Crippen LogP contribution in [0.1, 0.15) is 232 Å². The molecule has 1 unspecified atom stereocenters. The van der Waals surface area contributed by atoms with Gasteiger partial charge in [-0.1, -0.05) is 209 Å². The van der Waals surface area contributed by atoms with Crippen LogP contribution >= 0.6 is 0 Å². The molecule has 0 saturated heterocycles. The molecule has 0 aromatic carbocycles. The minimum absolute atomic E-state index is 0.0690. The van der Waals surface area contributed by atoms with Crippen molar-refractivity contribution < 1.29 is 24.2 Å². The Morgan fingerprint density at radius 2 is 0.768 bits per heavy atom. The van der Waals surface area contributed by atoms with Gasteiger partial charge in [-0.3, -0.25) is 9.59 Å². The SMILES string of the molecule is CC/C=C\C/C=C\C/C=C\C/C=C\CCCCCCCCCCCCCCCCCCCCC(=O)OC(CO)COC(=O)CCCCCCC/C=C\CCCC. The highest BCUT2D eigenvalue weighted by molar-refractivity contribution is 5.70. The maximum absolute atomic E-state index is 12.2. The van der Waals surface area contributed by atoms with Gasteiger partial charge in [0.2, 0.25) is 0 Å². The Hall–Kier alpha value is -2.40. The molecule has 0 amide bonds. The Bertz CT molecular complexity index is 977. The molecule has 0 bridgehead atoms. The van der Waals surface area contributed by atoms with Crippen LogP contribution in [0.25, 0.3) is 0 Å². The van der Waals surface area contributed by atoms with Gasteiger partial charge in [-0.25, -0.2) is 0 Å². The normalized spacial score (nSPS) is 12.7. The fraction of sp³-hybridized carbons (Fsp3) is 0.765. The molecule has 5 heteroatoms. The smallest absolute Gasteiger partial charge is 0.306 e. The predicted octanol–water partition coefficient (Wildman–Crippen LogP) is 15.5. The minimum atomic E-state index is -0.773. The van der Waals surface area contributed by atoms with E-state index < -0.39 is 6.10 Å². The summed E-state index contributed by atoms with van der Waals surface area (Å²) in [4.78, 5) is 24.3. The van der Waals surface area contributed by atoms with E-state index in [9.17, 15) is 14.7 Å². The van der Waals surface area contributed by atoms with Crippen LogP contribution in [-0.2, 0) is 19.1 Å². The Kier molecular flexibility index (Phi) is 45.0. The number of allylic oxidation sites excluding steroid dienone is 10. The van der Waals surface area contributed by atoms with Crippen molar-refractivity contribution in [1.82, 2.24) is 0 Å². The lowest BCUT2D eigenvalue weighted by Crippen LogP contribution is -2.28. The van der Waals surface area contributed by atoms with Gasteiger partial charge in [0.05, 0.1) is 6.61 Å². The van der Waals surface area contributed by atoms with Crippen LogP contribution in [0, 0.1) is 0 Å². The maximum Gasteiger partial charge on any atom is 0.306 e. The quantitative estimate of drug-likeness (QED) is 0.0379. The van der Waals surface area contributed by atoms with Crippen LogP contribution in [0.5, 0.6) is 0 Å². The van der Waals surface area contributed by atoms with Crippen molar-refractivity contribution in [3.63, 3.8) is 0 Å². The maximum atomic E-state index is 12.2. The lowest BCUT2D eigenvalue weighted by Gasteiger charge is -2.15. The summed E-state index contributed by atoms with van der Waals surface area (Å²) < 4.78 is 10.6. The van der Waals surface area contributed by atoms with Crippen LogP contribution in [0.15, 0.2) is 60.8 Å². The highest BCUT2D eigenvalue weighted by Crippen LogP contribution is 2.16. The molecular formula is C51H90O5. The Morgan fingerprint density at radius 1 is 0.429 bits per heavy atom. The van der Waals surface area contributed by atoms with E-state index in [-0.39, 0.29) is 25.2 Å². The van der Waals surface area contributed by atoms with E-state index in [4.69, 9.17) is 9.47 Å². The van der Waals surface area contributed by atoms with E-state index in [1.54, 1.807) is 0 Å². The van der Waals surface area contributed by atoms with Crippen molar-refractivity contribution in [3.05, 3.63) is 60.8 Å². The zero-order chi connectivity index (χ0) is 40.7. The summed E-state index contributed by atoms with van der Waals surface area (Å²) in [6.45, 7) is 3.99. The van der Waals surface area contributed by atoms with Crippen molar-refractivity contribution in [2.75, 3.05) is 13.2 Å². The number of hydrogen-bond acceptors (Lipinski definition) is 5. The van der Waals surface area contributed by atoms with Gasteiger partial charge in [-0.05, 0) is 70.6 Å². The molecule has 0 heterocycles. The van der Waals surface area contributed by atoms with Crippen molar-refractivity contribution in [2.24, 2.45) is 0 Å². The molecule has 0 aliphatic heterocycles. The predicted molar refractivity (Wildman–Crippen MR) is 242 cm³/mol. The van der Waals surface area contributed by atoms with Crippen LogP contribution in [-0.4, -0.2) is 36.4 Å². The summed E-state index contributed by atoms with van der Waals surface area (Å²) in [6, 6.07) is 0. The molecule has 56 heavy (non-hydrogen) atoms. The number of aliphatic hydroxyl groups excluding tert-OH is 1. The summed E-state index contributed by atoms with van der Waals surface area (Å²) in [5.41, 5.74) is 0. The van der Waals surface area contributed by atoms with Crippen LogP contribution < -0.4 is 0 Å². The molecular weight excluding hydrogens is 693 g/mol. The minimum Gasteiger partial charge on any atom is -0.462 e. The van der Waals surface area contributed by atoms with Crippen LogP contribution in [0.2, 0.25) is 0 Å². The molecule has 0 rings (SSSR count). The van der Waals surface area contributed by atoms with E-state index in [1.165, 1.54) is 135 Å². The highest BCUT2D eigenvalue weighted by atomic mass is 16.6. The molecule has 0 fully saturated rings.